The van der Waals surface area contributed by atoms with E-state index in [1.165, 1.54) is 12.1 Å². The van der Waals surface area contributed by atoms with Crippen LogP contribution in [0, 0.1) is 6.57 Å². The van der Waals surface area contributed by atoms with Gasteiger partial charge in [-0.2, -0.15) is 0 Å². The van der Waals surface area contributed by atoms with E-state index in [1.54, 1.807) is 72.8 Å². The maximum absolute atomic E-state index is 12.3. The van der Waals surface area contributed by atoms with Gasteiger partial charge in [0.25, 0.3) is 0 Å². The Labute approximate surface area is 352 Å². The molecule has 0 aliphatic carbocycles. The zero-order valence-corrected chi connectivity index (χ0v) is 32.8. The molecule has 6 aromatic carbocycles. The first kappa shape index (κ1) is 45.3. The second-order valence-corrected chi connectivity index (χ2v) is 12.3. The van der Waals surface area contributed by atoms with Crippen molar-refractivity contribution in [2.75, 3.05) is 26.4 Å². The zero-order chi connectivity index (χ0) is 43.8. The molecule has 0 radical (unpaired) electrons. The number of phenols is 1. The number of hydrogen-bond acceptors (Lipinski definition) is 10. The van der Waals surface area contributed by atoms with E-state index in [2.05, 4.69) is 18.0 Å². The summed E-state index contributed by atoms with van der Waals surface area (Å²) in [6.45, 7) is 14.0. The quantitative estimate of drug-likeness (QED) is 0.0334. The Morgan fingerprint density at radius 3 is 1.38 bits per heavy atom. The summed E-state index contributed by atoms with van der Waals surface area (Å²) >= 11 is 0. The number of carboxylic acid groups (broad SMARTS) is 1. The highest BCUT2D eigenvalue weighted by atomic mass is 16.6. The molecule has 0 atom stereocenters. The van der Waals surface area contributed by atoms with Gasteiger partial charge in [-0.15, -0.1) is 0 Å². The van der Waals surface area contributed by atoms with Crippen LogP contribution in [-0.4, -0.2) is 60.5 Å². The fourth-order valence-electron chi connectivity index (χ4n) is 5.00. The molecule has 0 spiro atoms. The molecule has 0 unspecified atom stereocenters. The van der Waals surface area contributed by atoms with Gasteiger partial charge in [-0.3, -0.25) is 0 Å². The molecule has 308 valence electrons. The lowest BCUT2D eigenvalue weighted by Crippen LogP contribution is -2.11. The van der Waals surface area contributed by atoms with Crippen LogP contribution in [0.5, 0.6) is 23.0 Å². The number of ether oxygens (including phenoxy) is 5. The third-order valence-corrected chi connectivity index (χ3v) is 8.09. The number of carboxylic acids is 1. The maximum atomic E-state index is 12.3. The molecule has 6 aromatic rings. The highest BCUT2D eigenvalue weighted by molar-refractivity contribution is 5.91. The van der Waals surface area contributed by atoms with E-state index in [-0.39, 0.29) is 37.7 Å². The van der Waals surface area contributed by atoms with E-state index >= 15 is 0 Å². The van der Waals surface area contributed by atoms with Crippen molar-refractivity contribution < 1.29 is 53.1 Å². The summed E-state index contributed by atoms with van der Waals surface area (Å²) in [4.78, 5) is 47.8. The number of carbonyl (C=O) groups excluding carboxylic acids is 3. The van der Waals surface area contributed by atoms with Gasteiger partial charge in [0.05, 0.1) is 17.7 Å². The molecular weight excluding hydrogens is 779 g/mol. The first-order chi connectivity index (χ1) is 29.6. The van der Waals surface area contributed by atoms with Gasteiger partial charge in [0.2, 0.25) is 0 Å². The van der Waals surface area contributed by atoms with E-state index < -0.39 is 23.9 Å². The lowest BCUT2D eigenvalue weighted by molar-refractivity contribution is -0.139. The van der Waals surface area contributed by atoms with E-state index in [0.717, 1.165) is 34.4 Å². The molecule has 12 heteroatoms. The smallest absolute Gasteiger partial charge is 0.343 e. The van der Waals surface area contributed by atoms with Crippen LogP contribution in [0.2, 0.25) is 0 Å². The molecule has 0 amide bonds. The topological polar surface area (TPSA) is 159 Å². The third kappa shape index (κ3) is 15.8. The van der Waals surface area contributed by atoms with E-state index in [1.807, 2.05) is 66.7 Å². The number of phenolic OH excluding ortho intramolecular Hbond substituents is 1. The first-order valence-corrected chi connectivity index (χ1v) is 18.5. The average molecular weight is 820 g/mol. The predicted molar refractivity (Wildman–Crippen MR) is 230 cm³/mol. The lowest BCUT2D eigenvalue weighted by atomic mass is 10.1. The number of aromatic hydroxyl groups is 1. The molecule has 0 aromatic heterocycles. The Hall–Kier alpha value is -8.43. The van der Waals surface area contributed by atoms with Crippen molar-refractivity contribution in [2.45, 2.75) is 0 Å². The molecule has 0 fully saturated rings. The minimum absolute atomic E-state index is 0.117. The van der Waals surface area contributed by atoms with Crippen molar-refractivity contribution in [1.82, 2.24) is 0 Å². The SMILES string of the molecule is C=CC(=O)OCCOc1ccc(C(=O)O)cc1.C=CC(=O)OCCOc1ccc(C(=O)Oc2ccc(-c3ccccc3)cc2)cc1.[C-]#[N+]c1ccc(-c2ccc(O)cc2)cc1. The van der Waals surface area contributed by atoms with E-state index in [0.29, 0.717) is 28.5 Å². The van der Waals surface area contributed by atoms with Gasteiger partial charge in [0.1, 0.15) is 49.4 Å². The standard InChI is InChI=1S/C24H20O5.C13H9NO.C12H12O5/c1-2-23(25)28-17-16-27-21-12-10-20(11-13-21)24(26)29-22-14-8-19(9-15-22)18-6-4-3-5-7-18;1-14-12-6-2-10(3-7-12)11-4-8-13(15)9-5-11;1-2-11(13)17-8-7-16-10-5-3-9(4-6-10)12(14)15/h2-15H,1,16-17H2;2-9,15H;2-6H,1,7-8H2,(H,14,15). The number of aromatic carboxylic acids is 1. The van der Waals surface area contributed by atoms with Crippen molar-refractivity contribution in [2.24, 2.45) is 0 Å². The lowest BCUT2D eigenvalue weighted by Gasteiger charge is -2.08. The highest BCUT2D eigenvalue weighted by Crippen LogP contribution is 2.25. The summed E-state index contributed by atoms with van der Waals surface area (Å²) in [5, 5.41) is 17.8. The van der Waals surface area contributed by atoms with Crippen LogP contribution in [-0.2, 0) is 19.1 Å². The Morgan fingerprint density at radius 1 is 0.525 bits per heavy atom. The third-order valence-electron chi connectivity index (χ3n) is 8.09. The van der Waals surface area contributed by atoms with Gasteiger partial charge < -0.3 is 33.9 Å². The van der Waals surface area contributed by atoms with Crippen molar-refractivity contribution in [3.05, 3.63) is 200 Å². The van der Waals surface area contributed by atoms with Crippen LogP contribution >= 0.6 is 0 Å². The van der Waals surface area contributed by atoms with Crippen LogP contribution in [0.4, 0.5) is 5.69 Å². The monoisotopic (exact) mass is 819 g/mol. The van der Waals surface area contributed by atoms with Crippen molar-refractivity contribution in [1.29, 1.82) is 0 Å². The number of rotatable bonds is 15. The van der Waals surface area contributed by atoms with Crippen LogP contribution in [0.3, 0.4) is 0 Å². The Morgan fingerprint density at radius 2 is 0.934 bits per heavy atom. The Balaban J connectivity index is 0.000000218. The highest BCUT2D eigenvalue weighted by Gasteiger charge is 2.10. The molecule has 0 aliphatic rings. The predicted octanol–water partition coefficient (Wildman–Crippen LogP) is 9.78. The second kappa shape index (κ2) is 24.4. The maximum Gasteiger partial charge on any atom is 0.343 e. The molecular formula is C49H41NO11. The number of nitrogens with zero attached hydrogens (tertiary/aromatic N) is 1. The van der Waals surface area contributed by atoms with Crippen LogP contribution in [0.1, 0.15) is 20.7 Å². The molecule has 2 N–H and O–H groups in total. The van der Waals surface area contributed by atoms with Gasteiger partial charge in [-0.05, 0) is 95.1 Å². The minimum Gasteiger partial charge on any atom is -0.508 e. The summed E-state index contributed by atoms with van der Waals surface area (Å²) < 4.78 is 25.6. The first-order valence-electron chi connectivity index (χ1n) is 18.5. The molecule has 0 saturated carbocycles. The zero-order valence-electron chi connectivity index (χ0n) is 32.8. The minimum atomic E-state index is -0.989. The summed E-state index contributed by atoms with van der Waals surface area (Å²) in [5.41, 5.74) is 5.45. The second-order valence-electron chi connectivity index (χ2n) is 12.3. The normalized spacial score (nSPS) is 9.75. The van der Waals surface area contributed by atoms with Crippen LogP contribution < -0.4 is 14.2 Å². The van der Waals surface area contributed by atoms with Gasteiger partial charge in [-0.25, -0.2) is 24.0 Å². The number of carbonyl (C=O) groups is 4. The number of hydrogen-bond donors (Lipinski definition) is 2. The van der Waals surface area contributed by atoms with Crippen molar-refractivity contribution >= 4 is 29.6 Å². The van der Waals surface area contributed by atoms with Gasteiger partial charge in [0.15, 0.2) is 5.69 Å². The van der Waals surface area contributed by atoms with Gasteiger partial charge >= 0.3 is 23.9 Å². The number of esters is 3. The van der Waals surface area contributed by atoms with Crippen LogP contribution in [0.15, 0.2) is 177 Å². The molecule has 61 heavy (non-hydrogen) atoms. The van der Waals surface area contributed by atoms with Gasteiger partial charge in [-0.1, -0.05) is 92.0 Å². The molecule has 12 nitrogen and oxygen atoms in total. The summed E-state index contributed by atoms with van der Waals surface area (Å²) in [7, 11) is 0. The average Bonchev–Trinajstić information content (AvgIpc) is 3.30. The van der Waals surface area contributed by atoms with Gasteiger partial charge in [0, 0.05) is 12.2 Å². The molecule has 0 bridgehead atoms. The fraction of sp³-hybridized carbons (Fsp3) is 0.0816. The van der Waals surface area contributed by atoms with Crippen molar-refractivity contribution in [3.8, 4) is 45.3 Å². The summed E-state index contributed by atoms with van der Waals surface area (Å²) in [6.07, 6.45) is 2.16. The van der Waals surface area contributed by atoms with Crippen LogP contribution in [0.25, 0.3) is 27.1 Å². The molecule has 0 saturated heterocycles. The summed E-state index contributed by atoms with van der Waals surface area (Å²) in [5.74, 6) is -0.637. The molecule has 6 rings (SSSR count). The van der Waals surface area contributed by atoms with E-state index in [9.17, 15) is 19.2 Å². The largest absolute Gasteiger partial charge is 0.508 e. The number of benzene rings is 6. The molecule has 0 aliphatic heterocycles. The molecule has 0 heterocycles. The van der Waals surface area contributed by atoms with Crippen molar-refractivity contribution in [3.63, 3.8) is 0 Å². The van der Waals surface area contributed by atoms with E-state index in [4.69, 9.17) is 40.5 Å². The Bertz CT molecular complexity index is 2390. The summed E-state index contributed by atoms with van der Waals surface area (Å²) in [6, 6.07) is 44.2. The Kier molecular flexibility index (Phi) is 18.1. The fourth-order valence-corrected chi connectivity index (χ4v) is 5.00.